The lowest BCUT2D eigenvalue weighted by atomic mass is 10.1. The van der Waals surface area contributed by atoms with Crippen LogP contribution >= 0.6 is 0 Å². The van der Waals surface area contributed by atoms with Crippen molar-refractivity contribution in [3.8, 4) is 0 Å². The van der Waals surface area contributed by atoms with E-state index in [2.05, 4.69) is 10.6 Å². The molecule has 2 aromatic carbocycles. The lowest BCUT2D eigenvalue weighted by Gasteiger charge is -2.20. The largest absolute Gasteiger partial charge is 0.326 e. The zero-order chi connectivity index (χ0) is 22.8. The van der Waals surface area contributed by atoms with E-state index in [1.165, 1.54) is 25.2 Å². The number of carbonyl (C=O) groups excluding carboxylic acids is 3. The number of rotatable bonds is 7. The molecule has 0 aromatic heterocycles. The van der Waals surface area contributed by atoms with Crippen LogP contribution in [0, 0.1) is 0 Å². The van der Waals surface area contributed by atoms with E-state index in [4.69, 9.17) is 0 Å². The Morgan fingerprint density at radius 2 is 1.77 bits per heavy atom. The molecule has 1 aliphatic heterocycles. The number of hydrogen-bond donors (Lipinski definition) is 2. The zero-order valence-corrected chi connectivity index (χ0v) is 18.3. The second kappa shape index (κ2) is 8.38. The van der Waals surface area contributed by atoms with Crippen LogP contribution in [0.15, 0.2) is 59.5 Å². The molecule has 0 atom stereocenters. The van der Waals surface area contributed by atoms with Crippen molar-refractivity contribution in [3.05, 3.63) is 54.6 Å². The van der Waals surface area contributed by atoms with Crippen molar-refractivity contribution in [2.75, 3.05) is 23.2 Å². The lowest BCUT2D eigenvalue weighted by Crippen LogP contribution is -2.40. The van der Waals surface area contributed by atoms with E-state index in [9.17, 15) is 22.8 Å². The van der Waals surface area contributed by atoms with Crippen LogP contribution in [0.2, 0.25) is 0 Å². The average molecular weight is 445 g/mol. The maximum atomic E-state index is 12.9. The topological polar surface area (TPSA) is 116 Å². The molecule has 164 valence electrons. The van der Waals surface area contributed by atoms with Crippen molar-refractivity contribution in [2.45, 2.75) is 30.7 Å². The first-order valence-electron chi connectivity index (χ1n) is 9.60. The molecule has 1 saturated heterocycles. The molecule has 2 N–H and O–H groups in total. The average Bonchev–Trinajstić information content (AvgIpc) is 2.93. The molecule has 1 fully saturated rings. The molecule has 2 aromatic rings. The Morgan fingerprint density at radius 1 is 1.10 bits per heavy atom. The zero-order valence-electron chi connectivity index (χ0n) is 17.5. The predicted octanol–water partition coefficient (Wildman–Crippen LogP) is 2.17. The number of anilines is 2. The first kappa shape index (κ1) is 22.3. The van der Waals surface area contributed by atoms with Crippen LogP contribution in [-0.4, -0.2) is 50.3 Å². The number of imide groups is 1. The van der Waals surface area contributed by atoms with Crippen molar-refractivity contribution in [1.29, 1.82) is 0 Å². The minimum absolute atomic E-state index is 0.0208. The van der Waals surface area contributed by atoms with Crippen molar-refractivity contribution < 1.29 is 22.8 Å². The summed E-state index contributed by atoms with van der Waals surface area (Å²) in [6.45, 7) is 3.10. The van der Waals surface area contributed by atoms with Gasteiger partial charge in [0.2, 0.25) is 5.91 Å². The third-order valence-electron chi connectivity index (χ3n) is 4.90. The second-order valence-electron chi connectivity index (χ2n) is 7.65. The van der Waals surface area contributed by atoms with Gasteiger partial charge >= 0.3 is 6.03 Å². The maximum absolute atomic E-state index is 12.9. The van der Waals surface area contributed by atoms with E-state index in [-0.39, 0.29) is 17.9 Å². The molecule has 10 heteroatoms. The summed E-state index contributed by atoms with van der Waals surface area (Å²) >= 11 is 0. The van der Waals surface area contributed by atoms with Gasteiger partial charge in [-0.15, -0.1) is 0 Å². The fourth-order valence-corrected chi connectivity index (χ4v) is 4.37. The fraction of sp³-hybridized carbons (Fsp3) is 0.286. The fourth-order valence-electron chi connectivity index (χ4n) is 3.13. The van der Waals surface area contributed by atoms with Crippen LogP contribution in [0.4, 0.5) is 16.2 Å². The summed E-state index contributed by atoms with van der Waals surface area (Å²) in [4.78, 5) is 37.4. The Labute approximate surface area is 181 Å². The molecule has 31 heavy (non-hydrogen) atoms. The molecule has 0 bridgehead atoms. The molecule has 0 radical (unpaired) electrons. The molecule has 3 rings (SSSR count). The van der Waals surface area contributed by atoms with Crippen molar-refractivity contribution in [2.24, 2.45) is 0 Å². The van der Waals surface area contributed by atoms with Crippen molar-refractivity contribution >= 4 is 39.2 Å². The molecule has 0 spiro atoms. The predicted molar refractivity (Wildman–Crippen MR) is 116 cm³/mol. The van der Waals surface area contributed by atoms with Gasteiger partial charge < -0.3 is 10.6 Å². The highest BCUT2D eigenvalue weighted by atomic mass is 32.2. The standard InChI is InChI=1S/C21H24N4O5S/c1-21(2)19(27)25(20(28)23-21)13-12-18(26)22-15-8-7-11-17(14-15)31(29,30)24(3)16-9-5-4-6-10-16/h4-11,14H,12-13H2,1-3H3,(H,22,26)(H,23,28). The normalized spacial score (nSPS) is 15.5. The van der Waals surface area contributed by atoms with E-state index in [0.717, 1.165) is 9.21 Å². The quantitative estimate of drug-likeness (QED) is 0.635. The number of carbonyl (C=O) groups is 3. The summed E-state index contributed by atoms with van der Waals surface area (Å²) < 4.78 is 27.0. The highest BCUT2D eigenvalue weighted by Crippen LogP contribution is 2.24. The Kier molecular flexibility index (Phi) is 6.03. The highest BCUT2D eigenvalue weighted by molar-refractivity contribution is 7.92. The third-order valence-corrected chi connectivity index (χ3v) is 6.68. The summed E-state index contributed by atoms with van der Waals surface area (Å²) in [5, 5.41) is 5.16. The molecule has 4 amide bonds. The monoisotopic (exact) mass is 444 g/mol. The van der Waals surface area contributed by atoms with E-state index in [0.29, 0.717) is 11.4 Å². The first-order valence-corrected chi connectivity index (χ1v) is 11.0. The van der Waals surface area contributed by atoms with E-state index in [1.807, 2.05) is 0 Å². The smallest absolute Gasteiger partial charge is 0.325 e. The van der Waals surface area contributed by atoms with E-state index >= 15 is 0 Å². The van der Waals surface area contributed by atoms with Gasteiger partial charge in [0.1, 0.15) is 5.54 Å². The number of nitrogens with one attached hydrogen (secondary N) is 2. The summed E-state index contributed by atoms with van der Waals surface area (Å²) in [6, 6.07) is 14.0. The number of sulfonamides is 1. The Morgan fingerprint density at radius 3 is 2.39 bits per heavy atom. The molecule has 0 unspecified atom stereocenters. The van der Waals surface area contributed by atoms with Gasteiger partial charge in [-0.3, -0.25) is 18.8 Å². The number of benzene rings is 2. The second-order valence-corrected chi connectivity index (χ2v) is 9.62. The van der Waals surface area contributed by atoms with Gasteiger partial charge in [-0.05, 0) is 44.2 Å². The minimum atomic E-state index is -3.83. The molecule has 0 saturated carbocycles. The number of hydrogen-bond acceptors (Lipinski definition) is 5. The lowest BCUT2D eigenvalue weighted by molar-refractivity contribution is -0.130. The molecular formula is C21H24N4O5S. The molecular weight excluding hydrogens is 420 g/mol. The van der Waals surface area contributed by atoms with Crippen LogP contribution in [0.5, 0.6) is 0 Å². The van der Waals surface area contributed by atoms with Crippen molar-refractivity contribution in [1.82, 2.24) is 10.2 Å². The third kappa shape index (κ3) is 4.69. The number of para-hydroxylation sites is 1. The molecule has 1 heterocycles. The summed E-state index contributed by atoms with van der Waals surface area (Å²) in [5.41, 5.74) is -0.195. The Bertz CT molecular complexity index is 1120. The van der Waals surface area contributed by atoms with Gasteiger partial charge in [-0.1, -0.05) is 24.3 Å². The first-order chi connectivity index (χ1) is 14.5. The number of urea groups is 1. The summed E-state index contributed by atoms with van der Waals surface area (Å²) in [7, 11) is -2.37. The Hall–Kier alpha value is -3.40. The van der Waals surface area contributed by atoms with E-state index in [1.54, 1.807) is 50.2 Å². The Balaban J connectivity index is 1.67. The van der Waals surface area contributed by atoms with Crippen LogP contribution in [0.3, 0.4) is 0 Å². The number of amides is 4. The summed E-state index contributed by atoms with van der Waals surface area (Å²) in [5.74, 6) is -0.849. The van der Waals surface area contributed by atoms with Gasteiger partial charge in [0.25, 0.3) is 15.9 Å². The molecule has 0 aliphatic carbocycles. The highest BCUT2D eigenvalue weighted by Gasteiger charge is 2.44. The van der Waals surface area contributed by atoms with Gasteiger partial charge in [-0.25, -0.2) is 13.2 Å². The van der Waals surface area contributed by atoms with Crippen molar-refractivity contribution in [3.63, 3.8) is 0 Å². The van der Waals surface area contributed by atoms with Gasteiger partial charge in [0.05, 0.1) is 10.6 Å². The molecule has 9 nitrogen and oxygen atoms in total. The summed E-state index contributed by atoms with van der Waals surface area (Å²) in [6.07, 6.45) is -0.115. The minimum Gasteiger partial charge on any atom is -0.326 e. The number of nitrogens with zero attached hydrogens (tertiary/aromatic N) is 2. The van der Waals surface area contributed by atoms with Crippen LogP contribution in [0.25, 0.3) is 0 Å². The molecule has 1 aliphatic rings. The van der Waals surface area contributed by atoms with Gasteiger partial charge in [0.15, 0.2) is 0 Å². The van der Waals surface area contributed by atoms with Crippen LogP contribution < -0.4 is 14.9 Å². The van der Waals surface area contributed by atoms with Gasteiger partial charge in [0, 0.05) is 25.7 Å². The SMILES string of the molecule is CN(c1ccccc1)S(=O)(=O)c1cccc(NC(=O)CCN2C(=O)NC(C)(C)C2=O)c1. The maximum Gasteiger partial charge on any atom is 0.325 e. The van der Waals surface area contributed by atoms with Crippen LogP contribution in [-0.2, 0) is 19.6 Å². The van der Waals surface area contributed by atoms with Crippen LogP contribution in [0.1, 0.15) is 20.3 Å². The van der Waals surface area contributed by atoms with Gasteiger partial charge in [-0.2, -0.15) is 0 Å². The van der Waals surface area contributed by atoms with E-state index < -0.39 is 33.4 Å².